The number of benzene rings is 1. The second-order valence-electron chi connectivity index (χ2n) is 5.97. The first-order chi connectivity index (χ1) is 10.0. The maximum atomic E-state index is 11.7. The summed E-state index contributed by atoms with van der Waals surface area (Å²) >= 11 is 0. The highest BCUT2D eigenvalue weighted by Crippen LogP contribution is 2.33. The maximum absolute atomic E-state index is 11.7. The Balaban J connectivity index is 1.83. The lowest BCUT2D eigenvalue weighted by molar-refractivity contribution is -0.150. The fourth-order valence-electron chi connectivity index (χ4n) is 2.85. The third kappa shape index (κ3) is 4.46. The van der Waals surface area contributed by atoms with Crippen molar-refractivity contribution in [2.75, 3.05) is 18.5 Å². The predicted octanol–water partition coefficient (Wildman–Crippen LogP) is 2.89. The Morgan fingerprint density at radius 3 is 2.76 bits per heavy atom. The van der Waals surface area contributed by atoms with Crippen molar-refractivity contribution in [3.63, 3.8) is 0 Å². The number of hydrogen-bond donors (Lipinski definition) is 2. The van der Waals surface area contributed by atoms with Gasteiger partial charge in [-0.05, 0) is 57.2 Å². The third-order valence-electron chi connectivity index (χ3n) is 4.18. The van der Waals surface area contributed by atoms with Crippen LogP contribution in [0.1, 0.15) is 38.2 Å². The van der Waals surface area contributed by atoms with Crippen molar-refractivity contribution in [2.24, 2.45) is 5.92 Å². The van der Waals surface area contributed by atoms with Crippen LogP contribution in [0.5, 0.6) is 0 Å². The van der Waals surface area contributed by atoms with Crippen molar-refractivity contribution >= 4 is 11.7 Å². The van der Waals surface area contributed by atoms with Crippen molar-refractivity contribution in [1.82, 2.24) is 0 Å². The molecule has 0 unspecified atom stereocenters. The molecule has 4 heteroatoms. The van der Waals surface area contributed by atoms with E-state index < -0.39 is 5.60 Å². The van der Waals surface area contributed by atoms with Crippen molar-refractivity contribution < 1.29 is 14.6 Å². The number of hydrogen-bond acceptors (Lipinski definition) is 4. The maximum Gasteiger partial charge on any atom is 0.308 e. The van der Waals surface area contributed by atoms with Crippen LogP contribution < -0.4 is 5.32 Å². The highest BCUT2D eigenvalue weighted by Gasteiger charge is 2.36. The van der Waals surface area contributed by atoms with Gasteiger partial charge < -0.3 is 15.2 Å². The van der Waals surface area contributed by atoms with Crippen molar-refractivity contribution in [1.29, 1.82) is 0 Å². The second-order valence-corrected chi connectivity index (χ2v) is 5.97. The van der Waals surface area contributed by atoms with E-state index in [1.54, 1.807) is 0 Å². The van der Waals surface area contributed by atoms with Crippen LogP contribution in [-0.4, -0.2) is 29.8 Å². The summed E-state index contributed by atoms with van der Waals surface area (Å²) in [5.41, 5.74) is 1.49. The SMILES string of the molecule is CCOC(=O)C1CCC(O)(CNc2cccc(C)c2)CC1. The minimum absolute atomic E-state index is 0.0517. The number of carbonyl (C=O) groups excluding carboxylic acids is 1. The highest BCUT2D eigenvalue weighted by molar-refractivity contribution is 5.72. The lowest BCUT2D eigenvalue weighted by Gasteiger charge is -2.35. The summed E-state index contributed by atoms with van der Waals surface area (Å²) in [6, 6.07) is 8.11. The van der Waals surface area contributed by atoms with Crippen LogP contribution in [0.4, 0.5) is 5.69 Å². The molecule has 1 fully saturated rings. The van der Waals surface area contributed by atoms with Gasteiger partial charge in [0.25, 0.3) is 0 Å². The molecule has 0 aliphatic heterocycles. The molecular weight excluding hydrogens is 266 g/mol. The fourth-order valence-corrected chi connectivity index (χ4v) is 2.85. The topological polar surface area (TPSA) is 58.6 Å². The molecule has 0 saturated heterocycles. The van der Waals surface area contributed by atoms with Crippen LogP contribution in [0, 0.1) is 12.8 Å². The number of esters is 1. The fraction of sp³-hybridized carbons (Fsp3) is 0.588. The van der Waals surface area contributed by atoms with Crippen LogP contribution in [0.25, 0.3) is 0 Å². The molecule has 2 rings (SSSR count). The molecule has 1 aliphatic carbocycles. The molecule has 0 amide bonds. The summed E-state index contributed by atoms with van der Waals surface area (Å²) in [7, 11) is 0. The molecule has 116 valence electrons. The standard InChI is InChI=1S/C17H25NO3/c1-3-21-16(19)14-7-9-17(20,10-8-14)12-18-15-6-4-5-13(2)11-15/h4-6,11,14,18,20H,3,7-10,12H2,1-2H3. The van der Waals surface area contributed by atoms with Gasteiger partial charge in [-0.1, -0.05) is 12.1 Å². The van der Waals surface area contributed by atoms with Gasteiger partial charge in [0.15, 0.2) is 0 Å². The van der Waals surface area contributed by atoms with E-state index in [0.717, 1.165) is 5.69 Å². The molecule has 21 heavy (non-hydrogen) atoms. The van der Waals surface area contributed by atoms with E-state index in [1.807, 2.05) is 32.0 Å². The molecule has 1 aliphatic rings. The molecular formula is C17H25NO3. The number of anilines is 1. The Kier molecular flexibility index (Phi) is 5.23. The van der Waals surface area contributed by atoms with Gasteiger partial charge in [0.1, 0.15) is 0 Å². The van der Waals surface area contributed by atoms with E-state index in [0.29, 0.717) is 38.8 Å². The average molecular weight is 291 g/mol. The van der Waals surface area contributed by atoms with Crippen molar-refractivity contribution in [3.8, 4) is 0 Å². The minimum atomic E-state index is -0.729. The first kappa shape index (κ1) is 15.8. The van der Waals surface area contributed by atoms with Crippen LogP contribution >= 0.6 is 0 Å². The quantitative estimate of drug-likeness (QED) is 0.819. The largest absolute Gasteiger partial charge is 0.466 e. The summed E-state index contributed by atoms with van der Waals surface area (Å²) in [6.45, 7) is 4.81. The molecule has 0 atom stereocenters. The Morgan fingerprint density at radius 1 is 1.43 bits per heavy atom. The van der Waals surface area contributed by atoms with Crippen LogP contribution in [0.3, 0.4) is 0 Å². The molecule has 0 heterocycles. The Bertz CT molecular complexity index is 479. The van der Waals surface area contributed by atoms with Gasteiger partial charge in [-0.15, -0.1) is 0 Å². The van der Waals surface area contributed by atoms with Crippen LogP contribution in [-0.2, 0) is 9.53 Å². The van der Waals surface area contributed by atoms with Crippen LogP contribution in [0.15, 0.2) is 24.3 Å². The third-order valence-corrected chi connectivity index (χ3v) is 4.18. The van der Waals surface area contributed by atoms with Gasteiger partial charge >= 0.3 is 5.97 Å². The lowest BCUT2D eigenvalue weighted by Crippen LogP contribution is -2.42. The van der Waals surface area contributed by atoms with Gasteiger partial charge in [0, 0.05) is 12.2 Å². The normalized spacial score (nSPS) is 25.4. The summed E-state index contributed by atoms with van der Waals surface area (Å²) in [4.78, 5) is 11.7. The van der Waals surface area contributed by atoms with Gasteiger partial charge in [-0.3, -0.25) is 4.79 Å². The molecule has 0 spiro atoms. The van der Waals surface area contributed by atoms with Crippen LogP contribution in [0.2, 0.25) is 0 Å². The number of ether oxygens (including phenoxy) is 1. The van der Waals surface area contributed by atoms with Gasteiger partial charge in [-0.2, -0.15) is 0 Å². The van der Waals surface area contributed by atoms with E-state index in [4.69, 9.17) is 4.74 Å². The molecule has 0 aromatic heterocycles. The van der Waals surface area contributed by atoms with E-state index in [9.17, 15) is 9.90 Å². The minimum Gasteiger partial charge on any atom is -0.466 e. The zero-order valence-corrected chi connectivity index (χ0v) is 12.9. The van der Waals surface area contributed by atoms with E-state index in [2.05, 4.69) is 11.4 Å². The highest BCUT2D eigenvalue weighted by atomic mass is 16.5. The molecule has 1 saturated carbocycles. The lowest BCUT2D eigenvalue weighted by atomic mass is 9.78. The number of rotatable bonds is 5. The molecule has 1 aromatic carbocycles. The smallest absolute Gasteiger partial charge is 0.308 e. The monoisotopic (exact) mass is 291 g/mol. The summed E-state index contributed by atoms with van der Waals surface area (Å²) < 4.78 is 5.06. The van der Waals surface area contributed by atoms with E-state index in [-0.39, 0.29) is 11.9 Å². The second kappa shape index (κ2) is 6.94. The number of aliphatic hydroxyl groups is 1. The zero-order chi connectivity index (χ0) is 15.3. The number of aryl methyl sites for hydroxylation is 1. The first-order valence-corrected chi connectivity index (χ1v) is 7.72. The van der Waals surface area contributed by atoms with Crippen molar-refractivity contribution in [3.05, 3.63) is 29.8 Å². The van der Waals surface area contributed by atoms with Gasteiger partial charge in [-0.25, -0.2) is 0 Å². The summed E-state index contributed by atoms with van der Waals surface area (Å²) in [5.74, 6) is -0.171. The van der Waals surface area contributed by atoms with Gasteiger partial charge in [0.05, 0.1) is 18.1 Å². The Hall–Kier alpha value is -1.55. The number of carbonyl (C=O) groups is 1. The zero-order valence-electron chi connectivity index (χ0n) is 12.9. The Morgan fingerprint density at radius 2 is 2.14 bits per heavy atom. The summed E-state index contributed by atoms with van der Waals surface area (Å²) in [5, 5.41) is 13.9. The predicted molar refractivity (Wildman–Crippen MR) is 83.2 cm³/mol. The molecule has 0 radical (unpaired) electrons. The summed E-state index contributed by atoms with van der Waals surface area (Å²) in [6.07, 6.45) is 2.67. The molecule has 2 N–H and O–H groups in total. The van der Waals surface area contributed by atoms with Crippen molar-refractivity contribution in [2.45, 2.75) is 45.1 Å². The number of nitrogens with one attached hydrogen (secondary N) is 1. The molecule has 4 nitrogen and oxygen atoms in total. The average Bonchev–Trinajstić information content (AvgIpc) is 2.46. The Labute approximate surface area is 126 Å². The van der Waals surface area contributed by atoms with E-state index in [1.165, 1.54) is 5.56 Å². The first-order valence-electron chi connectivity index (χ1n) is 7.72. The molecule has 0 bridgehead atoms. The van der Waals surface area contributed by atoms with Gasteiger partial charge in [0.2, 0.25) is 0 Å². The van der Waals surface area contributed by atoms with E-state index >= 15 is 0 Å². The molecule has 1 aromatic rings.